The Labute approximate surface area is 118 Å². The van der Waals surface area contributed by atoms with Crippen LogP contribution < -0.4 is 0 Å². The fourth-order valence-electron chi connectivity index (χ4n) is 1.65. The van der Waals surface area contributed by atoms with E-state index in [9.17, 15) is 4.79 Å². The van der Waals surface area contributed by atoms with Crippen molar-refractivity contribution in [2.24, 2.45) is 5.92 Å². The summed E-state index contributed by atoms with van der Waals surface area (Å²) < 4.78 is 8.70. The summed E-state index contributed by atoms with van der Waals surface area (Å²) in [5.41, 5.74) is 0.745. The molecule has 1 aliphatic carbocycles. The molecular weight excluding hydrogens is 275 g/mol. The molecule has 1 aliphatic rings. The topological polar surface area (TPSA) is 74.6 Å². The highest BCUT2D eigenvalue weighted by atomic mass is 31.1. The van der Waals surface area contributed by atoms with Crippen LogP contribution in [-0.2, 0) is 4.57 Å². The summed E-state index contributed by atoms with van der Waals surface area (Å²) in [5.74, 6) is 0.432. The van der Waals surface area contributed by atoms with Gasteiger partial charge in [0.05, 0.1) is 0 Å². The molecule has 0 radical (unpaired) electrons. The maximum absolute atomic E-state index is 11.8. The van der Waals surface area contributed by atoms with Crippen LogP contribution in [0.2, 0.25) is 0 Å². The van der Waals surface area contributed by atoms with Gasteiger partial charge in [-0.3, -0.25) is 4.79 Å². The van der Waals surface area contributed by atoms with Gasteiger partial charge in [-0.05, 0) is 18.4 Å². The lowest BCUT2D eigenvalue weighted by Crippen LogP contribution is -1.97. The normalized spacial score (nSPS) is 16.6. The Morgan fingerprint density at radius 2 is 1.85 bits per heavy atom. The Morgan fingerprint density at radius 3 is 2.40 bits per heavy atom. The molecule has 1 atom stereocenters. The summed E-state index contributed by atoms with van der Waals surface area (Å²) in [6, 6.07) is 9.34. The highest BCUT2D eigenvalue weighted by Gasteiger charge is 2.03. The van der Waals surface area contributed by atoms with Gasteiger partial charge >= 0.3 is 8.25 Å². The molecule has 4 nitrogen and oxygen atoms in total. The first-order valence-electron chi connectivity index (χ1n) is 6.05. The number of carbonyl (C=O) groups excluding carboxylic acids is 1. The summed E-state index contributed by atoms with van der Waals surface area (Å²) in [7, 11) is -2.87. The molecule has 20 heavy (non-hydrogen) atoms. The van der Waals surface area contributed by atoms with E-state index in [0.717, 1.165) is 12.0 Å². The molecule has 5 heteroatoms. The van der Waals surface area contributed by atoms with Gasteiger partial charge in [0.25, 0.3) is 0 Å². The first kappa shape index (κ1) is 16.2. The van der Waals surface area contributed by atoms with Crippen LogP contribution in [0, 0.1) is 5.92 Å². The molecule has 0 fully saturated rings. The smallest absolute Gasteiger partial charge is 0.289 e. The minimum atomic E-state index is -2.87. The lowest BCUT2D eigenvalue weighted by atomic mass is 9.99. The van der Waals surface area contributed by atoms with E-state index >= 15 is 0 Å². The number of benzene rings is 1. The summed E-state index contributed by atoms with van der Waals surface area (Å²) in [6.07, 6.45) is 12.9. The van der Waals surface area contributed by atoms with E-state index in [0.29, 0.717) is 5.92 Å². The van der Waals surface area contributed by atoms with E-state index in [1.54, 1.807) is 6.08 Å². The van der Waals surface area contributed by atoms with Gasteiger partial charge in [-0.2, -0.15) is 0 Å². The Kier molecular flexibility index (Phi) is 7.36. The van der Waals surface area contributed by atoms with Crippen molar-refractivity contribution in [3.63, 3.8) is 0 Å². The number of rotatable bonds is 3. The first-order chi connectivity index (χ1) is 9.59. The summed E-state index contributed by atoms with van der Waals surface area (Å²) >= 11 is 0. The zero-order chi connectivity index (χ0) is 14.8. The van der Waals surface area contributed by atoms with Gasteiger partial charge in [0.1, 0.15) is 0 Å². The minimum Gasteiger partial charge on any atom is -0.289 e. The Balaban J connectivity index is 0.000000444. The molecule has 1 aromatic rings. The molecule has 1 aromatic carbocycles. The van der Waals surface area contributed by atoms with E-state index in [1.165, 1.54) is 0 Å². The third-order valence-electron chi connectivity index (χ3n) is 2.57. The van der Waals surface area contributed by atoms with E-state index in [1.807, 2.05) is 48.6 Å². The Bertz CT molecular complexity index is 528. The van der Waals surface area contributed by atoms with Crippen molar-refractivity contribution < 1.29 is 19.1 Å². The van der Waals surface area contributed by atoms with Crippen molar-refractivity contribution in [1.29, 1.82) is 0 Å². The van der Waals surface area contributed by atoms with Gasteiger partial charge < -0.3 is 0 Å². The van der Waals surface area contributed by atoms with Gasteiger partial charge in [0.2, 0.25) is 0 Å². The standard InChI is InChI=1S/C15H14O.HO3P/c16-15(14-9-5-2-6-10-14)12-11-13-7-3-1-4-8-13;1-4(2)3/h1-7,9-13H,8H2;(H-,1,2,3)/p+1. The van der Waals surface area contributed by atoms with Crippen LogP contribution in [-0.4, -0.2) is 15.6 Å². The lowest BCUT2D eigenvalue weighted by molar-refractivity contribution is 0.104. The highest BCUT2D eigenvalue weighted by molar-refractivity contribution is 7.30. The monoisotopic (exact) mass is 291 g/mol. The van der Waals surface area contributed by atoms with Gasteiger partial charge in [-0.15, -0.1) is 9.79 Å². The molecule has 0 bridgehead atoms. The molecule has 0 aliphatic heterocycles. The van der Waals surface area contributed by atoms with Crippen LogP contribution in [0.25, 0.3) is 0 Å². The second-order valence-electron chi connectivity index (χ2n) is 4.05. The molecule has 2 N–H and O–H groups in total. The van der Waals surface area contributed by atoms with Crippen molar-refractivity contribution in [3.8, 4) is 0 Å². The lowest BCUT2D eigenvalue weighted by Gasteiger charge is -2.06. The van der Waals surface area contributed by atoms with Gasteiger partial charge in [0.15, 0.2) is 5.78 Å². The fraction of sp³-hybridized carbons (Fsp3) is 0.133. The first-order valence-corrected chi connectivity index (χ1v) is 7.22. The molecule has 2 rings (SSSR count). The van der Waals surface area contributed by atoms with Crippen molar-refractivity contribution >= 4 is 14.0 Å². The third-order valence-corrected chi connectivity index (χ3v) is 2.57. The molecule has 0 aromatic heterocycles. The van der Waals surface area contributed by atoms with Crippen LogP contribution >= 0.6 is 8.25 Å². The molecule has 0 amide bonds. The number of allylic oxidation sites excluding steroid dienone is 6. The average Bonchev–Trinajstić information content (AvgIpc) is 2.46. The predicted octanol–water partition coefficient (Wildman–Crippen LogP) is 3.19. The van der Waals surface area contributed by atoms with Crippen LogP contribution in [0.1, 0.15) is 16.8 Å². The van der Waals surface area contributed by atoms with Gasteiger partial charge in [0, 0.05) is 10.1 Å². The maximum atomic E-state index is 11.8. The van der Waals surface area contributed by atoms with Crippen molar-refractivity contribution in [2.45, 2.75) is 6.42 Å². The molecule has 0 heterocycles. The van der Waals surface area contributed by atoms with Crippen LogP contribution in [0.5, 0.6) is 0 Å². The molecule has 0 saturated heterocycles. The third kappa shape index (κ3) is 6.90. The van der Waals surface area contributed by atoms with E-state index in [-0.39, 0.29) is 5.78 Å². The van der Waals surface area contributed by atoms with E-state index in [2.05, 4.69) is 12.2 Å². The second-order valence-corrected chi connectivity index (χ2v) is 4.56. The molecule has 0 spiro atoms. The van der Waals surface area contributed by atoms with Gasteiger partial charge in [-0.1, -0.05) is 60.7 Å². The summed E-state index contributed by atoms with van der Waals surface area (Å²) in [6.45, 7) is 0. The van der Waals surface area contributed by atoms with Gasteiger partial charge in [-0.25, -0.2) is 0 Å². The Morgan fingerprint density at radius 1 is 1.20 bits per heavy atom. The molecule has 0 saturated carbocycles. The average molecular weight is 291 g/mol. The van der Waals surface area contributed by atoms with Crippen LogP contribution in [0.15, 0.2) is 66.8 Å². The van der Waals surface area contributed by atoms with Crippen molar-refractivity contribution in [1.82, 2.24) is 0 Å². The van der Waals surface area contributed by atoms with Crippen LogP contribution in [0.3, 0.4) is 0 Å². The fourth-order valence-corrected chi connectivity index (χ4v) is 1.65. The second kappa shape index (κ2) is 9.10. The zero-order valence-corrected chi connectivity index (χ0v) is 11.7. The number of ketones is 1. The molecule has 104 valence electrons. The maximum Gasteiger partial charge on any atom is 0.692 e. The SMILES string of the molecule is O=C(C=CC1C=CC=CC1)c1ccccc1.O=[P+](O)O. The van der Waals surface area contributed by atoms with E-state index < -0.39 is 8.25 Å². The number of hydrogen-bond acceptors (Lipinski definition) is 2. The number of hydrogen-bond donors (Lipinski definition) is 2. The molecule has 1 unspecified atom stereocenters. The predicted molar refractivity (Wildman–Crippen MR) is 78.3 cm³/mol. The summed E-state index contributed by atoms with van der Waals surface area (Å²) in [5, 5.41) is 0. The van der Waals surface area contributed by atoms with Crippen molar-refractivity contribution in [2.75, 3.05) is 0 Å². The summed E-state index contributed by atoms with van der Waals surface area (Å²) in [4.78, 5) is 26.0. The van der Waals surface area contributed by atoms with Crippen molar-refractivity contribution in [3.05, 3.63) is 72.4 Å². The minimum absolute atomic E-state index is 0.0727. The largest absolute Gasteiger partial charge is 0.692 e. The van der Waals surface area contributed by atoms with E-state index in [4.69, 9.17) is 14.4 Å². The molecular formula is C15H16O4P+. The zero-order valence-electron chi connectivity index (χ0n) is 10.8. The number of carbonyl (C=O) groups is 1. The highest BCUT2D eigenvalue weighted by Crippen LogP contribution is 2.13. The quantitative estimate of drug-likeness (QED) is 0.509. The Hall–Kier alpha value is -1.87. The van der Waals surface area contributed by atoms with Crippen LogP contribution in [0.4, 0.5) is 0 Å².